The van der Waals surface area contributed by atoms with Crippen molar-refractivity contribution in [3.05, 3.63) is 64.4 Å². The minimum atomic E-state index is -0.309. The Morgan fingerprint density at radius 1 is 1.00 bits per heavy atom. The molecule has 1 heterocycles. The van der Waals surface area contributed by atoms with E-state index in [2.05, 4.69) is 31.7 Å². The molecular weight excluding hydrogens is 396 g/mol. The van der Waals surface area contributed by atoms with E-state index in [0.29, 0.717) is 11.4 Å². The number of carbonyl (C=O) groups is 1. The number of hydrogen-bond donors (Lipinski definition) is 2. The summed E-state index contributed by atoms with van der Waals surface area (Å²) in [5.41, 5.74) is 4.27. The van der Waals surface area contributed by atoms with Crippen molar-refractivity contribution in [2.24, 2.45) is 0 Å². The van der Waals surface area contributed by atoms with E-state index < -0.39 is 0 Å². The van der Waals surface area contributed by atoms with Gasteiger partial charge in [0.15, 0.2) is 0 Å². The average molecular weight is 415 g/mol. The Balaban J connectivity index is 1.66. The van der Waals surface area contributed by atoms with E-state index in [4.69, 9.17) is 4.74 Å². The third-order valence-corrected chi connectivity index (χ3v) is 5.07. The van der Waals surface area contributed by atoms with Gasteiger partial charge in [-0.1, -0.05) is 0 Å². The molecule has 0 fully saturated rings. The summed E-state index contributed by atoms with van der Waals surface area (Å²) >= 11 is 3.53. The summed E-state index contributed by atoms with van der Waals surface area (Å²) in [6.07, 6.45) is 0. The van der Waals surface area contributed by atoms with Crippen LogP contribution in [0.15, 0.2) is 53.0 Å². The highest BCUT2D eigenvalue weighted by atomic mass is 79.9. The molecule has 0 aliphatic rings. The van der Waals surface area contributed by atoms with Gasteiger partial charge in [0.1, 0.15) is 5.75 Å². The molecule has 3 rings (SSSR count). The summed E-state index contributed by atoms with van der Waals surface area (Å²) < 4.78 is 7.96. The summed E-state index contributed by atoms with van der Waals surface area (Å²) in [6, 6.07) is 14.3. The molecule has 2 amide bonds. The molecule has 134 valence electrons. The molecule has 2 aromatic carbocycles. The zero-order valence-corrected chi connectivity index (χ0v) is 16.3. The minimum absolute atomic E-state index is 0.309. The van der Waals surface area contributed by atoms with Crippen LogP contribution in [0.2, 0.25) is 0 Å². The van der Waals surface area contributed by atoms with Crippen molar-refractivity contribution in [3.8, 4) is 11.4 Å². The zero-order valence-electron chi connectivity index (χ0n) is 14.7. The molecule has 6 nitrogen and oxygen atoms in total. The Morgan fingerprint density at radius 3 is 2.00 bits per heavy atom. The normalized spacial score (nSPS) is 10.5. The topological polar surface area (TPSA) is 68.2 Å². The third kappa shape index (κ3) is 3.88. The number of nitrogens with one attached hydrogen (secondary N) is 2. The van der Waals surface area contributed by atoms with Crippen LogP contribution in [0, 0.1) is 13.8 Å². The fourth-order valence-corrected chi connectivity index (χ4v) is 2.78. The van der Waals surface area contributed by atoms with Gasteiger partial charge >= 0.3 is 6.03 Å². The minimum Gasteiger partial charge on any atom is -0.497 e. The van der Waals surface area contributed by atoms with Crippen LogP contribution in [0.4, 0.5) is 16.2 Å². The number of aromatic nitrogens is 2. The lowest BCUT2D eigenvalue weighted by Gasteiger charge is -2.09. The number of hydrogen-bond acceptors (Lipinski definition) is 3. The van der Waals surface area contributed by atoms with E-state index in [1.165, 1.54) is 0 Å². The maximum absolute atomic E-state index is 12.1. The second-order valence-corrected chi connectivity index (χ2v) is 6.54. The standard InChI is InChI=1S/C19H19BrN4O2/c1-12-18(20)13(2)24(23-12)16-8-4-14(5-9-16)21-19(25)22-15-6-10-17(26-3)11-7-15/h4-11H,1-3H3,(H2,21,22,25). The molecule has 0 saturated carbocycles. The average Bonchev–Trinajstić information content (AvgIpc) is 2.90. The van der Waals surface area contributed by atoms with Crippen LogP contribution in [-0.4, -0.2) is 22.9 Å². The van der Waals surface area contributed by atoms with E-state index in [9.17, 15) is 4.79 Å². The second-order valence-electron chi connectivity index (χ2n) is 5.75. The lowest BCUT2D eigenvalue weighted by atomic mass is 10.2. The highest BCUT2D eigenvalue weighted by molar-refractivity contribution is 9.10. The summed E-state index contributed by atoms with van der Waals surface area (Å²) in [4.78, 5) is 12.1. The van der Waals surface area contributed by atoms with Gasteiger partial charge in [0, 0.05) is 11.4 Å². The van der Waals surface area contributed by atoms with Gasteiger partial charge in [0.05, 0.1) is 28.7 Å². The van der Waals surface area contributed by atoms with E-state index in [0.717, 1.165) is 27.3 Å². The lowest BCUT2D eigenvalue weighted by Crippen LogP contribution is -2.19. The van der Waals surface area contributed by atoms with Crippen molar-refractivity contribution in [2.75, 3.05) is 17.7 Å². The van der Waals surface area contributed by atoms with Gasteiger partial charge in [-0.3, -0.25) is 0 Å². The fraction of sp³-hybridized carbons (Fsp3) is 0.158. The molecule has 0 aliphatic carbocycles. The van der Waals surface area contributed by atoms with Gasteiger partial charge < -0.3 is 15.4 Å². The fourth-order valence-electron chi connectivity index (χ4n) is 2.53. The number of ether oxygens (including phenoxy) is 1. The molecule has 26 heavy (non-hydrogen) atoms. The van der Waals surface area contributed by atoms with Crippen molar-refractivity contribution in [1.29, 1.82) is 0 Å². The molecule has 1 aromatic heterocycles. The number of urea groups is 1. The number of carbonyl (C=O) groups excluding carboxylic acids is 1. The summed E-state index contributed by atoms with van der Waals surface area (Å²) in [7, 11) is 1.60. The van der Waals surface area contributed by atoms with Crippen molar-refractivity contribution >= 4 is 33.3 Å². The van der Waals surface area contributed by atoms with E-state index in [-0.39, 0.29) is 6.03 Å². The number of methoxy groups -OCH3 is 1. The van der Waals surface area contributed by atoms with Gasteiger partial charge in [0.25, 0.3) is 0 Å². The SMILES string of the molecule is COc1ccc(NC(=O)Nc2ccc(-n3nc(C)c(Br)c3C)cc2)cc1. The molecule has 0 bridgehead atoms. The first kappa shape index (κ1) is 18.0. The summed E-state index contributed by atoms with van der Waals surface area (Å²) in [5.74, 6) is 0.738. The van der Waals surface area contributed by atoms with Crippen LogP contribution in [0.25, 0.3) is 5.69 Å². The molecule has 2 N–H and O–H groups in total. The maximum Gasteiger partial charge on any atom is 0.323 e. The van der Waals surface area contributed by atoms with Crippen LogP contribution >= 0.6 is 15.9 Å². The van der Waals surface area contributed by atoms with Crippen molar-refractivity contribution < 1.29 is 9.53 Å². The number of amides is 2. The Bertz CT molecular complexity index is 918. The molecule has 3 aromatic rings. The monoisotopic (exact) mass is 414 g/mol. The maximum atomic E-state index is 12.1. The van der Waals surface area contributed by atoms with Crippen molar-refractivity contribution in [1.82, 2.24) is 9.78 Å². The number of nitrogens with zero attached hydrogens (tertiary/aromatic N) is 2. The first-order valence-electron chi connectivity index (χ1n) is 8.02. The van der Waals surface area contributed by atoms with Crippen LogP contribution in [0.3, 0.4) is 0 Å². The second kappa shape index (κ2) is 7.61. The molecule has 7 heteroatoms. The number of rotatable bonds is 4. The smallest absolute Gasteiger partial charge is 0.323 e. The molecule has 0 radical (unpaired) electrons. The summed E-state index contributed by atoms with van der Waals surface area (Å²) in [5, 5.41) is 10.1. The van der Waals surface area contributed by atoms with Gasteiger partial charge in [-0.05, 0) is 78.3 Å². The zero-order chi connectivity index (χ0) is 18.7. The van der Waals surface area contributed by atoms with Crippen LogP contribution in [0.1, 0.15) is 11.4 Å². The van der Waals surface area contributed by atoms with Crippen LogP contribution < -0.4 is 15.4 Å². The Labute approximate surface area is 160 Å². The largest absolute Gasteiger partial charge is 0.497 e. The quantitative estimate of drug-likeness (QED) is 0.637. The first-order valence-corrected chi connectivity index (χ1v) is 8.81. The van der Waals surface area contributed by atoms with Gasteiger partial charge in [-0.2, -0.15) is 5.10 Å². The first-order chi connectivity index (χ1) is 12.5. The molecule has 0 spiro atoms. The van der Waals surface area contributed by atoms with Crippen LogP contribution in [0.5, 0.6) is 5.75 Å². The number of benzene rings is 2. The Hall–Kier alpha value is -2.80. The highest BCUT2D eigenvalue weighted by Gasteiger charge is 2.10. The molecule has 0 unspecified atom stereocenters. The van der Waals surface area contributed by atoms with Crippen LogP contribution in [-0.2, 0) is 0 Å². The number of halogens is 1. The Kier molecular flexibility index (Phi) is 5.27. The van der Waals surface area contributed by atoms with Crippen molar-refractivity contribution in [3.63, 3.8) is 0 Å². The van der Waals surface area contributed by atoms with Gasteiger partial charge in [-0.15, -0.1) is 0 Å². The van der Waals surface area contributed by atoms with Gasteiger partial charge in [0.2, 0.25) is 0 Å². The summed E-state index contributed by atoms with van der Waals surface area (Å²) in [6.45, 7) is 3.95. The predicted octanol–water partition coefficient (Wildman–Crippen LogP) is 4.90. The lowest BCUT2D eigenvalue weighted by molar-refractivity contribution is 0.262. The highest BCUT2D eigenvalue weighted by Crippen LogP contribution is 2.23. The third-order valence-electron chi connectivity index (χ3n) is 3.92. The van der Waals surface area contributed by atoms with E-state index in [1.807, 2.05) is 42.8 Å². The Morgan fingerprint density at radius 2 is 1.54 bits per heavy atom. The van der Waals surface area contributed by atoms with Crippen molar-refractivity contribution in [2.45, 2.75) is 13.8 Å². The van der Waals surface area contributed by atoms with E-state index in [1.54, 1.807) is 31.4 Å². The molecular formula is C19H19BrN4O2. The van der Waals surface area contributed by atoms with E-state index >= 15 is 0 Å². The predicted molar refractivity (Wildman–Crippen MR) is 106 cm³/mol. The molecule has 0 aliphatic heterocycles. The molecule has 0 saturated heterocycles. The van der Waals surface area contributed by atoms with Gasteiger partial charge in [-0.25, -0.2) is 9.48 Å². The number of aryl methyl sites for hydroxylation is 1. The molecule has 0 atom stereocenters. The number of anilines is 2.